The summed E-state index contributed by atoms with van der Waals surface area (Å²) in [7, 11) is 1.93. The van der Waals surface area contributed by atoms with Crippen LogP contribution in [0, 0.1) is 26.7 Å². The molecule has 0 radical (unpaired) electrons. The molecule has 8 nitrogen and oxygen atoms in total. The first-order chi connectivity index (χ1) is 13.5. The van der Waals surface area contributed by atoms with Crippen molar-refractivity contribution in [1.29, 1.82) is 0 Å². The van der Waals surface area contributed by atoms with Crippen molar-refractivity contribution in [1.82, 2.24) is 29.7 Å². The maximum Gasteiger partial charge on any atom is 0.231 e. The van der Waals surface area contributed by atoms with Crippen molar-refractivity contribution in [2.75, 3.05) is 18.0 Å². The lowest BCUT2D eigenvalue weighted by molar-refractivity contribution is -0.125. The number of fused-ring (bicyclic) bond motifs is 1. The van der Waals surface area contributed by atoms with Gasteiger partial charge in [-0.3, -0.25) is 13.9 Å². The van der Waals surface area contributed by atoms with Gasteiger partial charge in [0.15, 0.2) is 5.65 Å². The molecule has 28 heavy (non-hydrogen) atoms. The third-order valence-corrected chi connectivity index (χ3v) is 5.78. The number of aryl methyl sites for hydroxylation is 3. The average Bonchev–Trinajstić information content (AvgIpc) is 3.22. The summed E-state index contributed by atoms with van der Waals surface area (Å²) >= 11 is 0. The van der Waals surface area contributed by atoms with Crippen LogP contribution in [-0.4, -0.2) is 43.4 Å². The van der Waals surface area contributed by atoms with E-state index in [1.165, 1.54) is 0 Å². The van der Waals surface area contributed by atoms with Crippen LogP contribution in [0.4, 0.5) is 5.95 Å². The normalized spacial score (nSPS) is 17.3. The van der Waals surface area contributed by atoms with Gasteiger partial charge in [0.1, 0.15) is 0 Å². The van der Waals surface area contributed by atoms with Crippen LogP contribution in [-0.2, 0) is 18.4 Å². The fourth-order valence-corrected chi connectivity index (χ4v) is 4.05. The lowest BCUT2D eigenvalue weighted by Gasteiger charge is -2.32. The Morgan fingerprint density at radius 1 is 1.25 bits per heavy atom. The third kappa shape index (κ3) is 3.23. The highest BCUT2D eigenvalue weighted by atomic mass is 16.1. The van der Waals surface area contributed by atoms with E-state index in [0.29, 0.717) is 13.1 Å². The summed E-state index contributed by atoms with van der Waals surface area (Å²) in [5.41, 5.74) is 5.09. The maximum absolute atomic E-state index is 12.8. The maximum atomic E-state index is 12.8. The number of nitrogens with zero attached hydrogens (tertiary/aromatic N) is 6. The first-order valence-corrected chi connectivity index (χ1v) is 9.78. The van der Waals surface area contributed by atoms with Crippen molar-refractivity contribution in [3.63, 3.8) is 0 Å². The van der Waals surface area contributed by atoms with E-state index in [4.69, 9.17) is 0 Å². The molecular formula is C20H27N7O. The Hall–Kier alpha value is -2.90. The molecule has 0 saturated carbocycles. The van der Waals surface area contributed by atoms with Crippen LogP contribution in [0.1, 0.15) is 35.5 Å². The van der Waals surface area contributed by atoms with Gasteiger partial charge in [0.05, 0.1) is 11.6 Å². The highest BCUT2D eigenvalue weighted by Gasteiger charge is 2.28. The Morgan fingerprint density at radius 2 is 2.07 bits per heavy atom. The van der Waals surface area contributed by atoms with Crippen LogP contribution in [0.15, 0.2) is 18.2 Å². The molecule has 1 fully saturated rings. The molecule has 1 aliphatic heterocycles. The van der Waals surface area contributed by atoms with Gasteiger partial charge < -0.3 is 10.2 Å². The number of pyridine rings is 1. The van der Waals surface area contributed by atoms with E-state index in [2.05, 4.69) is 29.9 Å². The molecule has 0 aliphatic carbocycles. The number of rotatable bonds is 4. The predicted octanol–water partition coefficient (Wildman–Crippen LogP) is 1.92. The zero-order chi connectivity index (χ0) is 19.8. The van der Waals surface area contributed by atoms with Gasteiger partial charge in [-0.1, -0.05) is 6.07 Å². The summed E-state index contributed by atoms with van der Waals surface area (Å²) < 4.78 is 3.92. The van der Waals surface area contributed by atoms with Gasteiger partial charge in [0.2, 0.25) is 11.9 Å². The zero-order valence-electron chi connectivity index (χ0n) is 16.9. The van der Waals surface area contributed by atoms with Crippen LogP contribution in [0.2, 0.25) is 0 Å². The molecule has 0 bridgehead atoms. The van der Waals surface area contributed by atoms with Crippen LogP contribution in [0.3, 0.4) is 0 Å². The molecule has 1 aliphatic rings. The molecule has 3 aromatic heterocycles. The molecule has 8 heteroatoms. The second kappa shape index (κ2) is 7.26. The Balaban J connectivity index is 1.46. The van der Waals surface area contributed by atoms with Crippen LogP contribution in [0.5, 0.6) is 0 Å². The van der Waals surface area contributed by atoms with E-state index in [-0.39, 0.29) is 11.8 Å². The molecule has 4 rings (SSSR count). The summed E-state index contributed by atoms with van der Waals surface area (Å²) in [5.74, 6) is 0.866. The lowest BCUT2D eigenvalue weighted by Crippen LogP contribution is -2.43. The van der Waals surface area contributed by atoms with E-state index >= 15 is 0 Å². The number of anilines is 1. The number of piperidine rings is 1. The van der Waals surface area contributed by atoms with Crippen molar-refractivity contribution in [2.24, 2.45) is 13.0 Å². The Kier molecular flexibility index (Phi) is 4.78. The minimum Gasteiger partial charge on any atom is -0.352 e. The lowest BCUT2D eigenvalue weighted by atomic mass is 9.97. The highest BCUT2D eigenvalue weighted by molar-refractivity contribution is 5.79. The van der Waals surface area contributed by atoms with Crippen LogP contribution in [0.25, 0.3) is 5.65 Å². The monoisotopic (exact) mass is 381 g/mol. The minimum atomic E-state index is -0.0533. The quantitative estimate of drug-likeness (QED) is 0.747. The fourth-order valence-electron chi connectivity index (χ4n) is 4.05. The molecule has 1 amide bonds. The molecule has 148 valence electrons. The van der Waals surface area contributed by atoms with Gasteiger partial charge >= 0.3 is 0 Å². The topological polar surface area (TPSA) is 80.3 Å². The molecule has 0 aromatic carbocycles. The number of amides is 1. The molecule has 1 N–H and O–H groups in total. The number of nitrogens with one attached hydrogen (secondary N) is 1. The SMILES string of the molecule is Cc1nn(C)c(C)c1CNC(=O)[C@H]1CCCN(c2nnc3cccc(C)n23)C1. The smallest absolute Gasteiger partial charge is 0.231 e. The molecule has 0 spiro atoms. The summed E-state index contributed by atoms with van der Waals surface area (Å²) in [6.07, 6.45) is 1.85. The first kappa shape index (κ1) is 18.5. The van der Waals surface area contributed by atoms with Crippen molar-refractivity contribution in [3.8, 4) is 0 Å². The number of carbonyl (C=O) groups excluding carboxylic acids is 1. The Morgan fingerprint density at radius 3 is 2.82 bits per heavy atom. The Bertz CT molecular complexity index is 1020. The van der Waals surface area contributed by atoms with E-state index in [1.807, 2.05) is 50.7 Å². The second-order valence-corrected chi connectivity index (χ2v) is 7.64. The Labute approximate surface area is 164 Å². The fraction of sp³-hybridized carbons (Fsp3) is 0.500. The van der Waals surface area contributed by atoms with Crippen molar-refractivity contribution < 1.29 is 4.79 Å². The summed E-state index contributed by atoms with van der Waals surface area (Å²) in [5, 5.41) is 16.2. The summed E-state index contributed by atoms with van der Waals surface area (Å²) in [4.78, 5) is 15.0. The highest BCUT2D eigenvalue weighted by Crippen LogP contribution is 2.24. The van der Waals surface area contributed by atoms with E-state index in [0.717, 1.165) is 53.6 Å². The number of hydrogen-bond acceptors (Lipinski definition) is 5. The van der Waals surface area contributed by atoms with Gasteiger partial charge in [0, 0.05) is 43.6 Å². The first-order valence-electron chi connectivity index (χ1n) is 9.78. The number of hydrogen-bond donors (Lipinski definition) is 1. The number of aromatic nitrogens is 5. The van der Waals surface area contributed by atoms with Crippen molar-refractivity contribution >= 4 is 17.5 Å². The zero-order valence-corrected chi connectivity index (χ0v) is 16.9. The van der Waals surface area contributed by atoms with Crippen LogP contribution >= 0.6 is 0 Å². The minimum absolute atomic E-state index is 0.0533. The van der Waals surface area contributed by atoms with Crippen molar-refractivity contribution in [2.45, 2.75) is 40.2 Å². The van der Waals surface area contributed by atoms with Gasteiger partial charge in [-0.15, -0.1) is 10.2 Å². The van der Waals surface area contributed by atoms with Gasteiger partial charge in [-0.2, -0.15) is 5.10 Å². The van der Waals surface area contributed by atoms with E-state index < -0.39 is 0 Å². The van der Waals surface area contributed by atoms with Gasteiger partial charge in [-0.25, -0.2) is 0 Å². The second-order valence-electron chi connectivity index (χ2n) is 7.64. The average molecular weight is 381 g/mol. The summed E-state index contributed by atoms with van der Waals surface area (Å²) in [6.45, 7) is 8.13. The molecule has 1 saturated heterocycles. The predicted molar refractivity (Wildman–Crippen MR) is 107 cm³/mol. The number of carbonyl (C=O) groups is 1. The molecule has 3 aromatic rings. The standard InChI is InChI=1S/C20H27N7O/c1-13-7-5-9-18-22-23-20(27(13)18)26-10-6-8-16(12-26)19(28)21-11-17-14(2)24-25(4)15(17)3/h5,7,9,16H,6,8,10-12H2,1-4H3,(H,21,28)/t16-/m0/s1. The molecular weight excluding hydrogens is 354 g/mol. The third-order valence-electron chi connectivity index (χ3n) is 5.78. The van der Waals surface area contributed by atoms with Crippen LogP contribution < -0.4 is 10.2 Å². The van der Waals surface area contributed by atoms with Crippen molar-refractivity contribution in [3.05, 3.63) is 40.8 Å². The van der Waals surface area contributed by atoms with E-state index in [9.17, 15) is 4.79 Å². The van der Waals surface area contributed by atoms with E-state index in [1.54, 1.807) is 0 Å². The summed E-state index contributed by atoms with van der Waals surface area (Å²) in [6, 6.07) is 5.99. The molecule has 4 heterocycles. The van der Waals surface area contributed by atoms with Gasteiger partial charge in [-0.05, 0) is 45.7 Å². The molecule has 0 unspecified atom stereocenters. The molecule has 1 atom stereocenters. The van der Waals surface area contributed by atoms with Gasteiger partial charge in [0.25, 0.3) is 0 Å². The largest absolute Gasteiger partial charge is 0.352 e.